The second-order valence-electron chi connectivity index (χ2n) is 5.49. The van der Waals surface area contributed by atoms with Gasteiger partial charge in [-0.25, -0.2) is 4.98 Å². The van der Waals surface area contributed by atoms with Gasteiger partial charge in [-0.15, -0.1) is 0 Å². The molecule has 7 heteroatoms. The Kier molecular flexibility index (Phi) is 4.80. The maximum Gasteiger partial charge on any atom is 0.308 e. The van der Waals surface area contributed by atoms with Crippen LogP contribution in [0.25, 0.3) is 0 Å². The highest BCUT2D eigenvalue weighted by Crippen LogP contribution is 2.27. The summed E-state index contributed by atoms with van der Waals surface area (Å²) in [6.45, 7) is 0.625. The average molecular weight is 391 g/mol. The number of rotatable bonds is 4. The van der Waals surface area contributed by atoms with Crippen molar-refractivity contribution < 1.29 is 19.4 Å². The Morgan fingerprint density at radius 2 is 2.12 bits per heavy atom. The molecule has 2 aromatic rings. The Balaban J connectivity index is 1.81. The summed E-state index contributed by atoms with van der Waals surface area (Å²) in [5.41, 5.74) is 0.323. The molecule has 1 atom stereocenters. The molecule has 0 radical (unpaired) electrons. The van der Waals surface area contributed by atoms with Gasteiger partial charge in [-0.1, -0.05) is 22.0 Å². The van der Waals surface area contributed by atoms with Gasteiger partial charge in [0.25, 0.3) is 5.91 Å². The molecule has 24 heavy (non-hydrogen) atoms. The molecule has 0 bridgehead atoms. The minimum absolute atomic E-state index is 0.208. The molecule has 1 amide bonds. The fourth-order valence-electron chi connectivity index (χ4n) is 2.59. The lowest BCUT2D eigenvalue weighted by Crippen LogP contribution is -2.30. The zero-order valence-corrected chi connectivity index (χ0v) is 14.3. The third-order valence-corrected chi connectivity index (χ3v) is 4.33. The molecule has 1 aliphatic rings. The highest BCUT2D eigenvalue weighted by molar-refractivity contribution is 9.10. The predicted octanol–water partition coefficient (Wildman–Crippen LogP) is 3.18. The van der Waals surface area contributed by atoms with Crippen LogP contribution in [0, 0.1) is 5.92 Å². The van der Waals surface area contributed by atoms with E-state index in [1.807, 2.05) is 12.1 Å². The van der Waals surface area contributed by atoms with Crippen molar-refractivity contribution in [2.45, 2.75) is 6.42 Å². The van der Waals surface area contributed by atoms with Gasteiger partial charge in [0, 0.05) is 23.8 Å². The number of amides is 1. The van der Waals surface area contributed by atoms with E-state index in [0.29, 0.717) is 24.3 Å². The first-order valence-corrected chi connectivity index (χ1v) is 8.24. The van der Waals surface area contributed by atoms with Gasteiger partial charge >= 0.3 is 5.97 Å². The summed E-state index contributed by atoms with van der Waals surface area (Å²) in [5.74, 6) is -0.889. The maximum atomic E-state index is 12.7. The van der Waals surface area contributed by atoms with Crippen LogP contribution in [0.3, 0.4) is 0 Å². The van der Waals surface area contributed by atoms with E-state index in [0.717, 1.165) is 4.47 Å². The van der Waals surface area contributed by atoms with Crippen LogP contribution < -0.4 is 4.74 Å². The molecule has 1 fully saturated rings. The minimum Gasteiger partial charge on any atom is -0.481 e. The summed E-state index contributed by atoms with van der Waals surface area (Å²) in [5, 5.41) is 9.08. The Morgan fingerprint density at radius 3 is 2.83 bits per heavy atom. The number of aromatic nitrogens is 1. The van der Waals surface area contributed by atoms with Gasteiger partial charge in [0.2, 0.25) is 5.88 Å². The van der Waals surface area contributed by atoms with Crippen molar-refractivity contribution in [1.29, 1.82) is 0 Å². The number of likely N-dealkylation sites (tertiary alicyclic amines) is 1. The average Bonchev–Trinajstić information content (AvgIpc) is 3.05. The van der Waals surface area contributed by atoms with Crippen LogP contribution in [0.15, 0.2) is 47.1 Å². The van der Waals surface area contributed by atoms with Crippen LogP contribution in [0.4, 0.5) is 0 Å². The standard InChI is InChI=1S/C17H15BrN2O4/c18-12-3-1-4-13(9-12)24-15-14(5-2-7-19-15)16(21)20-8-6-11(10-20)17(22)23/h1-5,7,9,11H,6,8,10H2,(H,22,23). The molecule has 2 heterocycles. The summed E-state index contributed by atoms with van der Waals surface area (Å²) in [4.78, 5) is 29.4. The predicted molar refractivity (Wildman–Crippen MR) is 90.1 cm³/mol. The van der Waals surface area contributed by atoms with Gasteiger partial charge in [0.05, 0.1) is 5.92 Å². The molecule has 1 aliphatic heterocycles. The van der Waals surface area contributed by atoms with Crippen molar-refractivity contribution >= 4 is 27.8 Å². The Bertz CT molecular complexity index is 781. The van der Waals surface area contributed by atoms with E-state index in [-0.39, 0.29) is 18.3 Å². The molecule has 1 unspecified atom stereocenters. The quantitative estimate of drug-likeness (QED) is 0.866. The van der Waals surface area contributed by atoms with E-state index in [9.17, 15) is 9.59 Å². The molecular formula is C17H15BrN2O4. The lowest BCUT2D eigenvalue weighted by Gasteiger charge is -2.17. The zero-order chi connectivity index (χ0) is 17.1. The van der Waals surface area contributed by atoms with Crippen molar-refractivity contribution in [2.75, 3.05) is 13.1 Å². The van der Waals surface area contributed by atoms with Gasteiger partial charge in [0.1, 0.15) is 11.3 Å². The zero-order valence-electron chi connectivity index (χ0n) is 12.7. The van der Waals surface area contributed by atoms with E-state index in [2.05, 4.69) is 20.9 Å². The van der Waals surface area contributed by atoms with Crippen molar-refractivity contribution in [2.24, 2.45) is 5.92 Å². The van der Waals surface area contributed by atoms with Crippen LogP contribution in [0.2, 0.25) is 0 Å². The van der Waals surface area contributed by atoms with E-state index in [1.54, 1.807) is 30.5 Å². The third-order valence-electron chi connectivity index (χ3n) is 3.84. The van der Waals surface area contributed by atoms with Crippen molar-refractivity contribution in [1.82, 2.24) is 9.88 Å². The molecular weight excluding hydrogens is 376 g/mol. The van der Waals surface area contributed by atoms with Gasteiger partial charge in [-0.2, -0.15) is 0 Å². The molecule has 0 spiro atoms. The second-order valence-corrected chi connectivity index (χ2v) is 6.41. The van der Waals surface area contributed by atoms with Crippen LogP contribution >= 0.6 is 15.9 Å². The molecule has 0 saturated carbocycles. The Morgan fingerprint density at radius 1 is 1.29 bits per heavy atom. The SMILES string of the molecule is O=C(O)C1CCN(C(=O)c2cccnc2Oc2cccc(Br)c2)C1. The van der Waals surface area contributed by atoms with Crippen LogP contribution in [-0.4, -0.2) is 40.0 Å². The van der Waals surface area contributed by atoms with Crippen molar-refractivity contribution in [3.05, 3.63) is 52.6 Å². The number of ether oxygens (including phenoxy) is 1. The van der Waals surface area contributed by atoms with Gasteiger partial charge < -0.3 is 14.7 Å². The molecule has 1 saturated heterocycles. The van der Waals surface area contributed by atoms with E-state index in [1.165, 1.54) is 4.90 Å². The summed E-state index contributed by atoms with van der Waals surface area (Å²) in [6.07, 6.45) is 2.01. The molecule has 0 aliphatic carbocycles. The first kappa shape index (κ1) is 16.4. The fraction of sp³-hybridized carbons (Fsp3) is 0.235. The van der Waals surface area contributed by atoms with Crippen molar-refractivity contribution in [3.8, 4) is 11.6 Å². The van der Waals surface area contributed by atoms with Crippen LogP contribution in [-0.2, 0) is 4.79 Å². The number of halogens is 1. The van der Waals surface area contributed by atoms with Crippen LogP contribution in [0.5, 0.6) is 11.6 Å². The number of carbonyl (C=O) groups excluding carboxylic acids is 1. The van der Waals surface area contributed by atoms with Crippen molar-refractivity contribution in [3.63, 3.8) is 0 Å². The van der Waals surface area contributed by atoms with Gasteiger partial charge in [-0.05, 0) is 36.8 Å². The smallest absolute Gasteiger partial charge is 0.308 e. The molecule has 1 aromatic heterocycles. The second kappa shape index (κ2) is 7.00. The van der Waals surface area contributed by atoms with Crippen LogP contribution in [0.1, 0.15) is 16.8 Å². The number of nitrogens with zero attached hydrogens (tertiary/aromatic N) is 2. The number of carboxylic acid groups (broad SMARTS) is 1. The lowest BCUT2D eigenvalue weighted by molar-refractivity contribution is -0.141. The summed E-state index contributed by atoms with van der Waals surface area (Å²) < 4.78 is 6.59. The number of hydrogen-bond donors (Lipinski definition) is 1. The van der Waals surface area contributed by atoms with E-state index >= 15 is 0 Å². The first-order chi connectivity index (χ1) is 11.5. The monoisotopic (exact) mass is 390 g/mol. The maximum absolute atomic E-state index is 12.7. The molecule has 1 N–H and O–H groups in total. The van der Waals surface area contributed by atoms with E-state index in [4.69, 9.17) is 9.84 Å². The number of carboxylic acids is 1. The van der Waals surface area contributed by atoms with Gasteiger partial charge in [-0.3, -0.25) is 9.59 Å². The molecule has 124 valence electrons. The van der Waals surface area contributed by atoms with E-state index < -0.39 is 11.9 Å². The molecule has 6 nitrogen and oxygen atoms in total. The van der Waals surface area contributed by atoms with Gasteiger partial charge in [0.15, 0.2) is 0 Å². The minimum atomic E-state index is -0.873. The Labute approximate surface area is 147 Å². The Hall–Kier alpha value is -2.41. The highest BCUT2D eigenvalue weighted by atomic mass is 79.9. The summed E-state index contributed by atoms with van der Waals surface area (Å²) in [7, 11) is 0. The highest BCUT2D eigenvalue weighted by Gasteiger charge is 2.32. The normalized spacial score (nSPS) is 16.9. The first-order valence-electron chi connectivity index (χ1n) is 7.45. The molecule has 3 rings (SSSR count). The fourth-order valence-corrected chi connectivity index (χ4v) is 2.97. The largest absolute Gasteiger partial charge is 0.481 e. The number of benzene rings is 1. The third kappa shape index (κ3) is 3.56. The number of aliphatic carboxylic acids is 1. The molecule has 1 aromatic carbocycles. The number of hydrogen-bond acceptors (Lipinski definition) is 4. The number of carbonyl (C=O) groups is 2. The number of pyridine rings is 1. The topological polar surface area (TPSA) is 79.7 Å². The lowest BCUT2D eigenvalue weighted by atomic mass is 10.1. The summed E-state index contributed by atoms with van der Waals surface area (Å²) in [6, 6.07) is 10.5. The summed E-state index contributed by atoms with van der Waals surface area (Å²) >= 11 is 3.37.